The number of nitrogens with zero attached hydrogens (tertiary/aromatic N) is 3. The number of carbonyl (C=O) groups is 1. The molecule has 1 saturated heterocycles. The monoisotopic (exact) mass is 281 g/mol. The van der Waals surface area contributed by atoms with E-state index in [9.17, 15) is 4.79 Å². The summed E-state index contributed by atoms with van der Waals surface area (Å²) in [5.74, 6) is -0.444. The Kier molecular flexibility index (Phi) is 9.34. The van der Waals surface area contributed by atoms with Crippen LogP contribution in [0.25, 0.3) is 0 Å². The predicted octanol–water partition coefficient (Wildman–Crippen LogP) is 3.53. The summed E-state index contributed by atoms with van der Waals surface area (Å²) >= 11 is 0. The quantitative estimate of drug-likeness (QED) is 0.898. The summed E-state index contributed by atoms with van der Waals surface area (Å²) in [6.45, 7) is 11.6. The SMILES string of the molecule is CC.CC.Cc1cc(C(=O)O)nc(N2CCCCC2)n1. The van der Waals surface area contributed by atoms with E-state index in [2.05, 4.69) is 14.9 Å². The van der Waals surface area contributed by atoms with Crippen LogP contribution in [0.1, 0.15) is 63.1 Å². The molecule has 1 aromatic rings. The molecule has 0 aromatic carbocycles. The molecular formula is C15H27N3O2. The summed E-state index contributed by atoms with van der Waals surface area (Å²) in [7, 11) is 0. The fourth-order valence-electron chi connectivity index (χ4n) is 1.90. The highest BCUT2D eigenvalue weighted by molar-refractivity contribution is 5.85. The Balaban J connectivity index is 0.000000829. The number of aromatic nitrogens is 2. The van der Waals surface area contributed by atoms with Gasteiger partial charge in [0.05, 0.1) is 0 Å². The molecule has 0 atom stereocenters. The highest BCUT2D eigenvalue weighted by Crippen LogP contribution is 2.16. The predicted molar refractivity (Wildman–Crippen MR) is 82.5 cm³/mol. The minimum absolute atomic E-state index is 0.0769. The molecule has 20 heavy (non-hydrogen) atoms. The molecule has 1 aliphatic rings. The molecule has 114 valence electrons. The highest BCUT2D eigenvalue weighted by Gasteiger charge is 2.16. The van der Waals surface area contributed by atoms with E-state index in [1.165, 1.54) is 12.5 Å². The van der Waals surface area contributed by atoms with E-state index in [0.29, 0.717) is 11.6 Å². The normalized spacial score (nSPS) is 13.6. The van der Waals surface area contributed by atoms with Gasteiger partial charge in [-0.25, -0.2) is 14.8 Å². The fraction of sp³-hybridized carbons (Fsp3) is 0.667. The molecule has 1 N–H and O–H groups in total. The summed E-state index contributed by atoms with van der Waals surface area (Å²) in [6, 6.07) is 1.50. The molecule has 0 bridgehead atoms. The van der Waals surface area contributed by atoms with Crippen molar-refractivity contribution in [2.45, 2.75) is 53.9 Å². The summed E-state index contributed by atoms with van der Waals surface area (Å²) in [5.41, 5.74) is 0.779. The van der Waals surface area contributed by atoms with Gasteiger partial charge in [-0.15, -0.1) is 0 Å². The number of aromatic carboxylic acids is 1. The molecule has 2 heterocycles. The van der Waals surface area contributed by atoms with Gasteiger partial charge in [0.15, 0.2) is 5.69 Å². The number of aryl methyl sites for hydroxylation is 1. The smallest absolute Gasteiger partial charge is 0.354 e. The molecule has 1 aromatic heterocycles. The van der Waals surface area contributed by atoms with Gasteiger partial charge in [-0.3, -0.25) is 0 Å². The molecule has 0 saturated carbocycles. The first-order valence-electron chi connectivity index (χ1n) is 7.51. The van der Waals surface area contributed by atoms with Crippen molar-refractivity contribution in [1.82, 2.24) is 9.97 Å². The lowest BCUT2D eigenvalue weighted by atomic mass is 10.1. The molecule has 5 nitrogen and oxygen atoms in total. The molecule has 0 unspecified atom stereocenters. The highest BCUT2D eigenvalue weighted by atomic mass is 16.4. The van der Waals surface area contributed by atoms with E-state index in [1.807, 2.05) is 27.7 Å². The van der Waals surface area contributed by atoms with Crippen molar-refractivity contribution >= 4 is 11.9 Å². The van der Waals surface area contributed by atoms with Gasteiger partial charge in [0.25, 0.3) is 0 Å². The molecular weight excluding hydrogens is 254 g/mol. The lowest BCUT2D eigenvalue weighted by Gasteiger charge is -2.26. The van der Waals surface area contributed by atoms with E-state index in [-0.39, 0.29) is 5.69 Å². The first-order valence-corrected chi connectivity index (χ1v) is 7.51. The van der Waals surface area contributed by atoms with Crippen molar-refractivity contribution in [3.8, 4) is 0 Å². The Bertz CT molecular complexity index is 402. The first-order chi connectivity index (χ1) is 9.66. The zero-order valence-electron chi connectivity index (χ0n) is 13.3. The summed E-state index contributed by atoms with van der Waals surface area (Å²) in [6.07, 6.45) is 3.48. The average Bonchev–Trinajstić information content (AvgIpc) is 2.51. The van der Waals surface area contributed by atoms with Crippen molar-refractivity contribution in [2.24, 2.45) is 0 Å². The van der Waals surface area contributed by atoms with Crippen LogP contribution < -0.4 is 4.90 Å². The van der Waals surface area contributed by atoms with E-state index < -0.39 is 5.97 Å². The van der Waals surface area contributed by atoms with Crippen molar-refractivity contribution < 1.29 is 9.90 Å². The number of carboxylic acids is 1. The number of anilines is 1. The van der Waals surface area contributed by atoms with Crippen LogP contribution in [0.2, 0.25) is 0 Å². The third kappa shape index (κ3) is 5.55. The molecule has 0 spiro atoms. The molecule has 0 radical (unpaired) electrons. The number of hydrogen-bond acceptors (Lipinski definition) is 4. The summed E-state index contributed by atoms with van der Waals surface area (Å²) < 4.78 is 0. The summed E-state index contributed by atoms with van der Waals surface area (Å²) in [4.78, 5) is 21.3. The maximum Gasteiger partial charge on any atom is 0.354 e. The third-order valence-electron chi connectivity index (χ3n) is 2.70. The van der Waals surface area contributed by atoms with E-state index in [0.717, 1.165) is 25.9 Å². The number of piperidine rings is 1. The van der Waals surface area contributed by atoms with Gasteiger partial charge in [-0.2, -0.15) is 0 Å². The zero-order valence-corrected chi connectivity index (χ0v) is 13.3. The van der Waals surface area contributed by atoms with Gasteiger partial charge >= 0.3 is 5.97 Å². The van der Waals surface area contributed by atoms with Gasteiger partial charge in [-0.05, 0) is 32.3 Å². The number of carboxylic acid groups (broad SMARTS) is 1. The van der Waals surface area contributed by atoms with Crippen molar-refractivity contribution in [3.05, 3.63) is 17.5 Å². The number of rotatable bonds is 2. The van der Waals surface area contributed by atoms with Crippen molar-refractivity contribution in [3.63, 3.8) is 0 Å². The van der Waals surface area contributed by atoms with Crippen molar-refractivity contribution in [1.29, 1.82) is 0 Å². The lowest BCUT2D eigenvalue weighted by molar-refractivity contribution is 0.0690. The lowest BCUT2D eigenvalue weighted by Crippen LogP contribution is -2.31. The maximum absolute atomic E-state index is 10.9. The average molecular weight is 281 g/mol. The van der Waals surface area contributed by atoms with Gasteiger partial charge in [0.2, 0.25) is 5.95 Å². The van der Waals surface area contributed by atoms with Gasteiger partial charge < -0.3 is 10.0 Å². The standard InChI is InChI=1S/C11H15N3O2.2C2H6/c1-8-7-9(10(15)16)13-11(12-8)14-5-3-2-4-6-14;2*1-2/h7H,2-6H2,1H3,(H,15,16);2*1-2H3. The third-order valence-corrected chi connectivity index (χ3v) is 2.70. The van der Waals surface area contributed by atoms with Crippen LogP contribution in [0, 0.1) is 6.92 Å². The van der Waals surface area contributed by atoms with E-state index >= 15 is 0 Å². The van der Waals surface area contributed by atoms with Crippen LogP contribution >= 0.6 is 0 Å². The zero-order chi connectivity index (χ0) is 15.5. The Morgan fingerprint density at radius 1 is 1.10 bits per heavy atom. The fourth-order valence-corrected chi connectivity index (χ4v) is 1.90. The number of hydrogen-bond donors (Lipinski definition) is 1. The summed E-state index contributed by atoms with van der Waals surface area (Å²) in [5, 5.41) is 8.92. The van der Waals surface area contributed by atoms with Crippen LogP contribution in [-0.4, -0.2) is 34.1 Å². The van der Waals surface area contributed by atoms with Gasteiger partial charge in [-0.1, -0.05) is 27.7 Å². The topological polar surface area (TPSA) is 66.3 Å². The largest absolute Gasteiger partial charge is 0.477 e. The van der Waals surface area contributed by atoms with Crippen LogP contribution in [-0.2, 0) is 0 Å². The molecule has 2 rings (SSSR count). The molecule has 1 aliphatic heterocycles. The minimum Gasteiger partial charge on any atom is -0.477 e. The van der Waals surface area contributed by atoms with Crippen LogP contribution in [0.5, 0.6) is 0 Å². The van der Waals surface area contributed by atoms with Gasteiger partial charge in [0.1, 0.15) is 0 Å². The Hall–Kier alpha value is -1.65. The Morgan fingerprint density at radius 2 is 1.65 bits per heavy atom. The van der Waals surface area contributed by atoms with Gasteiger partial charge in [0, 0.05) is 18.8 Å². The maximum atomic E-state index is 10.9. The van der Waals surface area contributed by atoms with E-state index in [4.69, 9.17) is 5.11 Å². The second-order valence-corrected chi connectivity index (χ2v) is 4.05. The minimum atomic E-state index is -0.997. The van der Waals surface area contributed by atoms with Crippen LogP contribution in [0.3, 0.4) is 0 Å². The second kappa shape index (κ2) is 10.2. The Morgan fingerprint density at radius 3 is 2.15 bits per heavy atom. The van der Waals surface area contributed by atoms with Crippen molar-refractivity contribution in [2.75, 3.05) is 18.0 Å². The van der Waals surface area contributed by atoms with Crippen LogP contribution in [0.15, 0.2) is 6.07 Å². The first kappa shape index (κ1) is 18.4. The molecule has 5 heteroatoms. The Labute approximate surface area is 122 Å². The molecule has 0 aliphatic carbocycles. The van der Waals surface area contributed by atoms with E-state index in [1.54, 1.807) is 6.92 Å². The second-order valence-electron chi connectivity index (χ2n) is 4.05. The van der Waals surface area contributed by atoms with Crippen LogP contribution in [0.4, 0.5) is 5.95 Å². The molecule has 1 fully saturated rings. The molecule has 0 amide bonds.